The molecule has 4 aromatic carbocycles. The second-order valence-corrected chi connectivity index (χ2v) is 19.5. The molecule has 4 aromatic rings. The van der Waals surface area contributed by atoms with E-state index < -0.39 is 28.1 Å². The fourth-order valence-electron chi connectivity index (χ4n) is 3.74. The number of hydrogen-bond donors (Lipinski definition) is 2. The van der Waals surface area contributed by atoms with Gasteiger partial charge in [0.25, 0.3) is 0 Å². The van der Waals surface area contributed by atoms with Gasteiger partial charge in [0.2, 0.25) is 20.0 Å². The molecule has 0 fully saturated rings. The van der Waals surface area contributed by atoms with Crippen molar-refractivity contribution < 1.29 is 26.4 Å². The Morgan fingerprint density at radius 2 is 0.978 bits per heavy atom. The molecule has 0 aliphatic heterocycles. The molecule has 0 aliphatic carbocycles. The molecule has 0 aliphatic rings. The van der Waals surface area contributed by atoms with Crippen molar-refractivity contribution in [3.8, 4) is 23.8 Å². The summed E-state index contributed by atoms with van der Waals surface area (Å²) >= 11 is 11.6. The zero-order valence-corrected chi connectivity index (χ0v) is 29.0. The van der Waals surface area contributed by atoms with Gasteiger partial charge in [-0.3, -0.25) is 9.59 Å². The highest BCUT2D eigenvalue weighted by Gasteiger charge is 2.19. The molecular weight excluding hydrogens is 683 g/mol. The Morgan fingerprint density at radius 3 is 1.30 bits per heavy atom. The average Bonchev–Trinajstić information content (AvgIpc) is 2.99. The highest BCUT2D eigenvalue weighted by atomic mass is 35.5. The summed E-state index contributed by atoms with van der Waals surface area (Å²) in [6.07, 6.45) is 5.24. The molecule has 46 heavy (non-hydrogen) atoms. The largest absolute Gasteiger partial charge is 0.289 e. The van der Waals surface area contributed by atoms with E-state index in [0.717, 1.165) is 11.6 Å². The molecule has 236 valence electrons. The first-order valence-electron chi connectivity index (χ1n) is 13.2. The second-order valence-electron chi connectivity index (χ2n) is 10.8. The Kier molecular flexibility index (Phi) is 11.5. The van der Waals surface area contributed by atoms with Gasteiger partial charge in [-0.2, -0.15) is 0 Å². The zero-order valence-electron chi connectivity index (χ0n) is 24.8. The molecule has 0 radical (unpaired) electrons. The topological polar surface area (TPSA) is 154 Å². The van der Waals surface area contributed by atoms with Crippen molar-refractivity contribution in [2.75, 3.05) is 0 Å². The summed E-state index contributed by atoms with van der Waals surface area (Å²) in [5.41, 5.74) is 5.94. The van der Waals surface area contributed by atoms with Crippen molar-refractivity contribution in [1.29, 1.82) is 0 Å². The van der Waals surface area contributed by atoms with Crippen LogP contribution in [-0.2, 0) is 20.0 Å². The van der Waals surface area contributed by atoms with Crippen LogP contribution in [0.1, 0.15) is 43.0 Å². The molecule has 4 rings (SSSR count). The number of hydrogen-bond acceptors (Lipinski definition) is 6. The first-order chi connectivity index (χ1) is 21.3. The van der Waals surface area contributed by atoms with Gasteiger partial charge < -0.3 is 0 Å². The normalized spacial score (nSPS) is 11.3. The monoisotopic (exact) mass is 710 g/mol. The number of primary sulfonamides is 2. The number of rotatable bonds is 6. The minimum atomic E-state index is -4.00. The molecule has 0 saturated carbocycles. The van der Waals surface area contributed by atoms with Gasteiger partial charge in [0, 0.05) is 33.4 Å². The smallest absolute Gasteiger partial charge is 0.239 e. The number of halogens is 2. The molecule has 0 atom stereocenters. The minimum absolute atomic E-state index is 0.0176. The van der Waals surface area contributed by atoms with Gasteiger partial charge in [0.05, 0.1) is 10.0 Å². The number of carbonyl (C=O) groups excluding carboxylic acids is 2. The fourth-order valence-corrected chi connectivity index (χ4v) is 6.40. The molecule has 0 heterocycles. The molecule has 8 nitrogen and oxygen atoms in total. The predicted octanol–water partition coefficient (Wildman–Crippen LogP) is 5.65. The van der Waals surface area contributed by atoms with Crippen LogP contribution in [-0.4, -0.2) is 36.5 Å². The molecular formula is C33H28Cl2N2O6S2Si. The van der Waals surface area contributed by atoms with Gasteiger partial charge in [-0.25, -0.2) is 27.1 Å². The van der Waals surface area contributed by atoms with Crippen LogP contribution in [0, 0.1) is 23.8 Å². The van der Waals surface area contributed by atoms with Gasteiger partial charge in [0.15, 0.2) is 11.6 Å². The van der Waals surface area contributed by atoms with Crippen molar-refractivity contribution >= 4 is 62.9 Å². The quantitative estimate of drug-likeness (QED) is 0.150. The van der Waals surface area contributed by atoms with E-state index in [1.807, 2.05) is 0 Å². The third kappa shape index (κ3) is 9.98. The van der Waals surface area contributed by atoms with Gasteiger partial charge in [-0.1, -0.05) is 54.7 Å². The zero-order chi connectivity index (χ0) is 34.4. The number of carbonyl (C=O) groups is 2. The molecule has 0 saturated heterocycles. The van der Waals surface area contributed by atoms with E-state index in [-0.39, 0.29) is 42.5 Å². The van der Waals surface area contributed by atoms with Crippen LogP contribution in [0.2, 0.25) is 29.7 Å². The summed E-state index contributed by atoms with van der Waals surface area (Å²) in [5.74, 6) is 4.90. The summed E-state index contributed by atoms with van der Waals surface area (Å²) in [6.45, 7) is 6.46. The number of ketones is 2. The maximum Gasteiger partial charge on any atom is 0.239 e. The Morgan fingerprint density at radius 1 is 0.630 bits per heavy atom. The van der Waals surface area contributed by atoms with E-state index in [2.05, 4.69) is 37.0 Å². The van der Waals surface area contributed by atoms with E-state index in [4.69, 9.17) is 39.9 Å². The summed E-state index contributed by atoms with van der Waals surface area (Å²) in [7, 11) is -9.46. The lowest BCUT2D eigenvalue weighted by atomic mass is 10.0. The number of nitrogens with two attached hydrogens (primary N) is 2. The first-order valence-corrected chi connectivity index (χ1v) is 20.6. The van der Waals surface area contributed by atoms with Gasteiger partial charge in [-0.05, 0) is 84.9 Å². The van der Waals surface area contributed by atoms with Gasteiger partial charge >= 0.3 is 0 Å². The molecule has 0 aromatic heterocycles. The Balaban J connectivity index is 0.000000254. The van der Waals surface area contributed by atoms with E-state index in [0.29, 0.717) is 16.7 Å². The van der Waals surface area contributed by atoms with Crippen LogP contribution < -0.4 is 10.3 Å². The van der Waals surface area contributed by atoms with E-state index in [9.17, 15) is 26.4 Å². The van der Waals surface area contributed by atoms with E-state index >= 15 is 0 Å². The van der Waals surface area contributed by atoms with Crippen molar-refractivity contribution in [1.82, 2.24) is 0 Å². The van der Waals surface area contributed by atoms with Crippen LogP contribution in [0.5, 0.6) is 0 Å². The van der Waals surface area contributed by atoms with Crippen molar-refractivity contribution in [3.63, 3.8) is 0 Å². The van der Waals surface area contributed by atoms with Crippen molar-refractivity contribution in [2.45, 2.75) is 29.4 Å². The highest BCUT2D eigenvalue weighted by Crippen LogP contribution is 2.24. The predicted molar refractivity (Wildman–Crippen MR) is 184 cm³/mol. The third-order valence-electron chi connectivity index (χ3n) is 6.04. The standard InChI is InChI=1S/C18H18ClNO3SSi.C15H10ClNO3S/c1-25(2,3)11-10-13-4-6-14(7-5-13)18(21)15-8-9-16(19)17(12-15)24(20,22)23;1-2-10-3-5-11(6-4-10)15(18)12-7-8-13(16)14(9-12)21(17,19)20/h4-9,12H,1-3H3,(H2,20,22,23);1,3-9H,(H2,17,19,20). The molecule has 13 heteroatoms. The van der Waals surface area contributed by atoms with Crippen molar-refractivity contribution in [3.05, 3.63) is 128 Å². The lowest BCUT2D eigenvalue weighted by molar-refractivity contribution is 0.103. The minimum Gasteiger partial charge on any atom is -0.289 e. The summed E-state index contributed by atoms with van der Waals surface area (Å²) in [4.78, 5) is 24.3. The Bertz CT molecular complexity index is 2140. The maximum atomic E-state index is 12.6. The van der Waals surface area contributed by atoms with Crippen LogP contribution in [0.15, 0.2) is 94.7 Å². The SMILES string of the molecule is C#Cc1ccc(C(=O)c2ccc(Cl)c(S(N)(=O)=O)c2)cc1.C[Si](C)(C)C#Cc1ccc(C(=O)c2ccc(Cl)c(S(N)(=O)=O)c2)cc1. The Labute approximate surface area is 279 Å². The number of terminal acetylenes is 1. The van der Waals surface area contributed by atoms with Gasteiger partial charge in [0.1, 0.15) is 17.9 Å². The van der Waals surface area contributed by atoms with E-state index in [1.54, 1.807) is 48.5 Å². The molecule has 0 unspecified atom stereocenters. The second kappa shape index (κ2) is 14.6. The molecule has 0 spiro atoms. The number of sulfonamides is 2. The fraction of sp³-hybridized carbons (Fsp3) is 0.0909. The summed E-state index contributed by atoms with van der Waals surface area (Å²) in [5, 5.41) is 10.1. The summed E-state index contributed by atoms with van der Waals surface area (Å²) in [6, 6.07) is 21.2. The molecule has 4 N–H and O–H groups in total. The Hall–Kier alpha value is -4.04. The van der Waals surface area contributed by atoms with Crippen molar-refractivity contribution in [2.24, 2.45) is 10.3 Å². The number of benzene rings is 4. The van der Waals surface area contributed by atoms with Crippen LogP contribution in [0.25, 0.3) is 0 Å². The van der Waals surface area contributed by atoms with E-state index in [1.165, 1.54) is 30.3 Å². The van der Waals surface area contributed by atoms with Crippen LogP contribution >= 0.6 is 23.2 Å². The lowest BCUT2D eigenvalue weighted by Crippen LogP contribution is -2.16. The lowest BCUT2D eigenvalue weighted by Gasteiger charge is -2.06. The average molecular weight is 712 g/mol. The van der Waals surface area contributed by atoms with Gasteiger partial charge in [-0.15, -0.1) is 12.0 Å². The maximum absolute atomic E-state index is 12.6. The molecule has 0 bridgehead atoms. The highest BCUT2D eigenvalue weighted by molar-refractivity contribution is 7.89. The summed E-state index contributed by atoms with van der Waals surface area (Å²) < 4.78 is 45.9. The first kappa shape index (κ1) is 36.4. The molecule has 0 amide bonds. The van der Waals surface area contributed by atoms with Crippen LogP contribution in [0.4, 0.5) is 0 Å². The van der Waals surface area contributed by atoms with Crippen LogP contribution in [0.3, 0.4) is 0 Å². The third-order valence-corrected chi connectivity index (χ3v) is 9.70.